The Bertz CT molecular complexity index is 429. The summed E-state index contributed by atoms with van der Waals surface area (Å²) in [6.07, 6.45) is 1.30. The van der Waals surface area contributed by atoms with E-state index in [9.17, 15) is 9.59 Å². The van der Waals surface area contributed by atoms with Gasteiger partial charge in [0.1, 0.15) is 5.02 Å². The van der Waals surface area contributed by atoms with Gasteiger partial charge in [0.15, 0.2) is 0 Å². The van der Waals surface area contributed by atoms with E-state index < -0.39 is 11.2 Å². The Morgan fingerprint density at radius 2 is 2.20 bits per heavy atom. The molecule has 0 radical (unpaired) electrons. The molecule has 15 heavy (non-hydrogen) atoms. The number of aromatic amines is 1. The Balaban J connectivity index is 2.66. The quantitative estimate of drug-likeness (QED) is 0.577. The predicted octanol–water partition coefficient (Wildman–Crippen LogP) is 0.136. The molecule has 0 saturated heterocycles. The molecule has 0 bridgehead atoms. The summed E-state index contributed by atoms with van der Waals surface area (Å²) in [5, 5.41) is -0.0104. The van der Waals surface area contributed by atoms with Crippen molar-refractivity contribution in [2.45, 2.75) is 6.54 Å². The Morgan fingerprint density at radius 3 is 2.87 bits per heavy atom. The maximum absolute atomic E-state index is 11.2. The van der Waals surface area contributed by atoms with Gasteiger partial charge in [0.2, 0.25) is 0 Å². The van der Waals surface area contributed by atoms with Crippen LogP contribution in [0.2, 0.25) is 5.02 Å². The molecule has 1 rings (SSSR count). The van der Waals surface area contributed by atoms with Gasteiger partial charge in [-0.15, -0.1) is 0 Å². The molecule has 0 amide bonds. The van der Waals surface area contributed by atoms with Crippen LogP contribution in [-0.4, -0.2) is 28.5 Å². The number of aromatic nitrogens is 2. The van der Waals surface area contributed by atoms with Gasteiger partial charge in [-0.2, -0.15) is 12.6 Å². The van der Waals surface area contributed by atoms with E-state index in [-0.39, 0.29) is 5.02 Å². The standard InChI is InChI=1S/C8H11ClN2O3S/c9-6-5-11(1-2-14-3-4-15)8(13)10-7(6)12/h5,15H,1-4H2,(H,10,12,13). The lowest BCUT2D eigenvalue weighted by atomic mass is 10.6. The molecule has 1 N–H and O–H groups in total. The van der Waals surface area contributed by atoms with E-state index >= 15 is 0 Å². The van der Waals surface area contributed by atoms with Gasteiger partial charge in [-0.3, -0.25) is 14.3 Å². The number of nitrogens with one attached hydrogen (secondary N) is 1. The highest BCUT2D eigenvalue weighted by atomic mass is 35.5. The lowest BCUT2D eigenvalue weighted by Crippen LogP contribution is -2.30. The largest absolute Gasteiger partial charge is 0.379 e. The first-order chi connectivity index (χ1) is 7.15. The molecular formula is C8H11ClN2O3S. The highest BCUT2D eigenvalue weighted by Crippen LogP contribution is 1.95. The molecule has 0 aliphatic heterocycles. The first-order valence-electron chi connectivity index (χ1n) is 4.33. The normalized spacial score (nSPS) is 10.5. The molecule has 7 heteroatoms. The van der Waals surface area contributed by atoms with E-state index in [1.165, 1.54) is 10.8 Å². The number of ether oxygens (including phenoxy) is 1. The van der Waals surface area contributed by atoms with E-state index in [0.717, 1.165) is 0 Å². The van der Waals surface area contributed by atoms with Crippen LogP contribution in [0.3, 0.4) is 0 Å². The zero-order valence-electron chi connectivity index (χ0n) is 7.90. The van der Waals surface area contributed by atoms with E-state index in [1.54, 1.807) is 0 Å². The van der Waals surface area contributed by atoms with Crippen molar-refractivity contribution in [3.05, 3.63) is 32.1 Å². The molecule has 0 spiro atoms. The van der Waals surface area contributed by atoms with Gasteiger partial charge in [-0.05, 0) is 0 Å². The molecule has 1 aromatic rings. The van der Waals surface area contributed by atoms with Crippen LogP contribution < -0.4 is 11.2 Å². The maximum Gasteiger partial charge on any atom is 0.328 e. The minimum Gasteiger partial charge on any atom is -0.379 e. The van der Waals surface area contributed by atoms with Crippen molar-refractivity contribution < 1.29 is 4.74 Å². The van der Waals surface area contributed by atoms with Gasteiger partial charge < -0.3 is 4.74 Å². The Hall–Kier alpha value is -0.720. The summed E-state index contributed by atoms with van der Waals surface area (Å²) in [4.78, 5) is 24.3. The van der Waals surface area contributed by atoms with Crippen LogP contribution in [0, 0.1) is 0 Å². The molecular weight excluding hydrogens is 240 g/mol. The van der Waals surface area contributed by atoms with Crippen LogP contribution in [0.25, 0.3) is 0 Å². The van der Waals surface area contributed by atoms with Crippen molar-refractivity contribution in [3.8, 4) is 0 Å². The molecule has 5 nitrogen and oxygen atoms in total. The zero-order valence-corrected chi connectivity index (χ0v) is 9.55. The molecule has 0 aliphatic carbocycles. The number of hydrogen-bond donors (Lipinski definition) is 2. The number of hydrogen-bond acceptors (Lipinski definition) is 4. The van der Waals surface area contributed by atoms with E-state index in [0.29, 0.717) is 25.5 Å². The van der Waals surface area contributed by atoms with Gasteiger partial charge in [-0.1, -0.05) is 11.6 Å². The number of rotatable bonds is 5. The fourth-order valence-corrected chi connectivity index (χ4v) is 1.27. The third-order valence-electron chi connectivity index (χ3n) is 1.68. The van der Waals surface area contributed by atoms with Crippen molar-refractivity contribution in [2.24, 2.45) is 0 Å². The topological polar surface area (TPSA) is 64.1 Å². The molecule has 1 aromatic heterocycles. The van der Waals surface area contributed by atoms with Crippen molar-refractivity contribution in [1.29, 1.82) is 0 Å². The summed E-state index contributed by atoms with van der Waals surface area (Å²) < 4.78 is 6.43. The minimum absolute atomic E-state index is 0.0104. The van der Waals surface area contributed by atoms with Crippen molar-refractivity contribution in [1.82, 2.24) is 9.55 Å². The maximum atomic E-state index is 11.2. The summed E-state index contributed by atoms with van der Waals surface area (Å²) in [6.45, 7) is 1.25. The van der Waals surface area contributed by atoms with E-state index in [4.69, 9.17) is 16.3 Å². The first kappa shape index (κ1) is 12.4. The summed E-state index contributed by atoms with van der Waals surface area (Å²) in [6, 6.07) is 0. The van der Waals surface area contributed by atoms with Crippen LogP contribution in [0.5, 0.6) is 0 Å². The summed E-state index contributed by atoms with van der Waals surface area (Å²) in [7, 11) is 0. The van der Waals surface area contributed by atoms with Gasteiger partial charge in [0, 0.05) is 11.9 Å². The lowest BCUT2D eigenvalue weighted by Gasteiger charge is -2.05. The molecule has 0 aromatic carbocycles. The van der Waals surface area contributed by atoms with Crippen LogP contribution in [-0.2, 0) is 11.3 Å². The molecule has 0 unspecified atom stereocenters. The Labute approximate surface area is 96.4 Å². The SMILES string of the molecule is O=c1[nH]c(=O)n(CCOCCS)cc1Cl. The monoisotopic (exact) mass is 250 g/mol. The molecule has 0 atom stereocenters. The number of H-pyrrole nitrogens is 1. The van der Waals surface area contributed by atoms with Crippen LogP contribution in [0.1, 0.15) is 0 Å². The number of nitrogens with zero attached hydrogens (tertiary/aromatic N) is 1. The second kappa shape index (κ2) is 5.99. The van der Waals surface area contributed by atoms with E-state index in [2.05, 4.69) is 17.6 Å². The smallest absolute Gasteiger partial charge is 0.328 e. The molecule has 0 aliphatic rings. The van der Waals surface area contributed by atoms with Gasteiger partial charge in [0.05, 0.1) is 19.8 Å². The highest BCUT2D eigenvalue weighted by Gasteiger charge is 2.01. The molecule has 84 valence electrons. The fourth-order valence-electron chi connectivity index (χ4n) is 0.978. The number of thiol groups is 1. The molecule has 0 saturated carbocycles. The van der Waals surface area contributed by atoms with Gasteiger partial charge >= 0.3 is 5.69 Å². The van der Waals surface area contributed by atoms with Crippen LogP contribution in [0.4, 0.5) is 0 Å². The predicted molar refractivity (Wildman–Crippen MR) is 61.0 cm³/mol. The average molecular weight is 251 g/mol. The van der Waals surface area contributed by atoms with Crippen molar-refractivity contribution in [2.75, 3.05) is 19.0 Å². The second-order valence-electron chi connectivity index (χ2n) is 2.77. The van der Waals surface area contributed by atoms with E-state index in [1.807, 2.05) is 0 Å². The molecule has 0 fully saturated rings. The first-order valence-corrected chi connectivity index (χ1v) is 5.34. The van der Waals surface area contributed by atoms with Crippen molar-refractivity contribution in [3.63, 3.8) is 0 Å². The fraction of sp³-hybridized carbons (Fsp3) is 0.500. The number of halogens is 1. The zero-order chi connectivity index (χ0) is 11.3. The van der Waals surface area contributed by atoms with Crippen molar-refractivity contribution >= 4 is 24.2 Å². The summed E-state index contributed by atoms with van der Waals surface area (Å²) in [5.41, 5.74) is -1.06. The lowest BCUT2D eigenvalue weighted by molar-refractivity contribution is 0.140. The summed E-state index contributed by atoms with van der Waals surface area (Å²) in [5.74, 6) is 0.626. The minimum atomic E-state index is -0.575. The third-order valence-corrected chi connectivity index (χ3v) is 2.13. The summed E-state index contributed by atoms with van der Waals surface area (Å²) >= 11 is 9.54. The van der Waals surface area contributed by atoms with Crippen LogP contribution >= 0.6 is 24.2 Å². The average Bonchev–Trinajstić information content (AvgIpc) is 2.20. The second-order valence-corrected chi connectivity index (χ2v) is 3.62. The molecule has 1 heterocycles. The van der Waals surface area contributed by atoms with Crippen LogP contribution in [0.15, 0.2) is 15.8 Å². The third kappa shape index (κ3) is 3.73. The Morgan fingerprint density at radius 1 is 1.47 bits per heavy atom. The van der Waals surface area contributed by atoms with Gasteiger partial charge in [-0.25, -0.2) is 4.79 Å². The Kier molecular flexibility index (Phi) is 4.93. The highest BCUT2D eigenvalue weighted by molar-refractivity contribution is 7.80. The van der Waals surface area contributed by atoms with Gasteiger partial charge in [0.25, 0.3) is 5.56 Å².